The van der Waals surface area contributed by atoms with E-state index in [9.17, 15) is 0 Å². The molecule has 2 aromatic heterocycles. The summed E-state index contributed by atoms with van der Waals surface area (Å²) in [5, 5.41) is 15.6. The number of benzene rings is 11. The highest BCUT2D eigenvalue weighted by atomic mass is 32.1. The van der Waals surface area contributed by atoms with Gasteiger partial charge in [-0.2, -0.15) is 0 Å². The van der Waals surface area contributed by atoms with Crippen LogP contribution >= 0.6 is 22.7 Å². The summed E-state index contributed by atoms with van der Waals surface area (Å²) in [6.45, 7) is 0. The molecule has 13 aromatic rings. The summed E-state index contributed by atoms with van der Waals surface area (Å²) < 4.78 is 5.31. The van der Waals surface area contributed by atoms with Gasteiger partial charge in [0.1, 0.15) is 0 Å². The Morgan fingerprint density at radius 1 is 0.250 bits per heavy atom. The summed E-state index contributed by atoms with van der Waals surface area (Å²) in [7, 11) is 0. The van der Waals surface area contributed by atoms with E-state index in [-0.39, 0.29) is 0 Å². The van der Waals surface area contributed by atoms with Crippen LogP contribution in [-0.2, 0) is 0 Å². The lowest BCUT2D eigenvalue weighted by molar-refractivity contribution is 1.61. The molecule has 60 heavy (non-hydrogen) atoms. The Hall–Kier alpha value is -7.10. The van der Waals surface area contributed by atoms with Crippen LogP contribution < -0.4 is 0 Å². The molecule has 11 aromatic carbocycles. The van der Waals surface area contributed by atoms with E-state index in [1.807, 2.05) is 22.7 Å². The van der Waals surface area contributed by atoms with Crippen LogP contribution in [0.1, 0.15) is 0 Å². The van der Waals surface area contributed by atoms with Crippen molar-refractivity contribution in [3.63, 3.8) is 0 Å². The van der Waals surface area contributed by atoms with Gasteiger partial charge in [0.2, 0.25) is 0 Å². The average molecular weight is 795 g/mol. The Labute approximate surface area is 354 Å². The number of thiophene rings is 2. The third-order valence-corrected chi connectivity index (χ3v) is 15.1. The maximum atomic E-state index is 2.51. The summed E-state index contributed by atoms with van der Waals surface area (Å²) in [6.07, 6.45) is 0. The van der Waals surface area contributed by atoms with Crippen LogP contribution in [-0.4, -0.2) is 0 Å². The van der Waals surface area contributed by atoms with Gasteiger partial charge in [0, 0.05) is 51.5 Å². The lowest BCUT2D eigenvalue weighted by atomic mass is 9.84. The fourth-order valence-electron chi connectivity index (χ4n) is 10.1. The largest absolute Gasteiger partial charge is 0.135 e. The predicted molar refractivity (Wildman–Crippen MR) is 264 cm³/mol. The van der Waals surface area contributed by atoms with E-state index in [1.165, 1.54) is 128 Å². The van der Waals surface area contributed by atoms with Crippen molar-refractivity contribution in [2.75, 3.05) is 0 Å². The van der Waals surface area contributed by atoms with E-state index >= 15 is 0 Å². The zero-order valence-electron chi connectivity index (χ0n) is 32.4. The van der Waals surface area contributed by atoms with Gasteiger partial charge >= 0.3 is 0 Å². The SMILES string of the molecule is c1ccc(-c2ccccc2-c2c3cccc(-c4cccc5c4sc4ccc6ccccc6c45)c3cc3c(-c4cccc5c4sc4ccc6ccccc6c45)cccc23)cc1. The van der Waals surface area contributed by atoms with E-state index in [1.54, 1.807) is 0 Å². The van der Waals surface area contributed by atoms with Gasteiger partial charge in [0.05, 0.1) is 0 Å². The van der Waals surface area contributed by atoms with Crippen molar-refractivity contribution in [1.29, 1.82) is 0 Å². The van der Waals surface area contributed by atoms with Crippen LogP contribution in [0.15, 0.2) is 206 Å². The lowest BCUT2D eigenvalue weighted by Crippen LogP contribution is -1.92. The van der Waals surface area contributed by atoms with E-state index in [4.69, 9.17) is 0 Å². The normalized spacial score (nSPS) is 12.0. The molecule has 0 N–H and O–H groups in total. The third-order valence-electron chi connectivity index (χ3n) is 12.7. The molecule has 0 atom stereocenters. The molecule has 0 aliphatic heterocycles. The molecule has 0 saturated heterocycles. The zero-order valence-corrected chi connectivity index (χ0v) is 34.1. The van der Waals surface area contributed by atoms with Gasteiger partial charge in [-0.3, -0.25) is 0 Å². The van der Waals surface area contributed by atoms with Crippen LogP contribution in [0, 0.1) is 0 Å². The van der Waals surface area contributed by atoms with E-state index < -0.39 is 0 Å². The highest BCUT2D eigenvalue weighted by molar-refractivity contribution is 7.27. The van der Waals surface area contributed by atoms with Crippen LogP contribution in [0.2, 0.25) is 0 Å². The highest BCUT2D eigenvalue weighted by Crippen LogP contribution is 2.50. The monoisotopic (exact) mass is 794 g/mol. The molecule has 0 nitrogen and oxygen atoms in total. The summed E-state index contributed by atoms with van der Waals surface area (Å²) >= 11 is 3.83. The first kappa shape index (κ1) is 33.8. The van der Waals surface area contributed by atoms with Crippen molar-refractivity contribution in [1.82, 2.24) is 0 Å². The summed E-state index contributed by atoms with van der Waals surface area (Å²) in [5.41, 5.74) is 10.0. The first-order valence-electron chi connectivity index (χ1n) is 20.6. The minimum atomic E-state index is 1.22. The Morgan fingerprint density at radius 3 is 1.22 bits per heavy atom. The fourth-order valence-corrected chi connectivity index (χ4v) is 12.5. The van der Waals surface area contributed by atoms with Crippen molar-refractivity contribution in [3.05, 3.63) is 206 Å². The fraction of sp³-hybridized carbons (Fsp3) is 0. The maximum absolute atomic E-state index is 2.51. The average Bonchev–Trinajstić information content (AvgIpc) is 3.90. The van der Waals surface area contributed by atoms with Gasteiger partial charge < -0.3 is 0 Å². The number of rotatable bonds is 4. The molecule has 0 radical (unpaired) electrons. The molecule has 0 bridgehead atoms. The van der Waals surface area contributed by atoms with Crippen molar-refractivity contribution in [2.45, 2.75) is 0 Å². The standard InChI is InChI=1S/C58H34S2/c1-2-14-35(15-3-1)38-18-8-9-21-43(38)54-44-24-10-22-41(46-26-12-28-48-55-39-19-6-4-16-36(39)30-32-52(55)59-57(46)48)50(44)34-51-42(23-11-25-45(51)54)47-27-13-29-49-56-40-20-7-5-17-37(40)31-33-53(56)60-58(47)49/h1-34H. The summed E-state index contributed by atoms with van der Waals surface area (Å²) in [4.78, 5) is 0. The minimum absolute atomic E-state index is 1.22. The molecule has 0 unspecified atom stereocenters. The van der Waals surface area contributed by atoms with Crippen molar-refractivity contribution >= 4 is 106 Å². The van der Waals surface area contributed by atoms with Crippen LogP contribution in [0.25, 0.3) is 128 Å². The van der Waals surface area contributed by atoms with E-state index in [0.29, 0.717) is 0 Å². The number of hydrogen-bond acceptors (Lipinski definition) is 2. The molecule has 2 heteroatoms. The zero-order chi connectivity index (χ0) is 39.3. The number of hydrogen-bond donors (Lipinski definition) is 0. The van der Waals surface area contributed by atoms with Crippen molar-refractivity contribution in [2.24, 2.45) is 0 Å². The molecule has 0 spiro atoms. The van der Waals surface area contributed by atoms with Gasteiger partial charge in [-0.15, -0.1) is 22.7 Å². The Bertz CT molecular complexity index is 3670. The second kappa shape index (κ2) is 13.2. The quantitative estimate of drug-likeness (QED) is 0.156. The van der Waals surface area contributed by atoms with Crippen LogP contribution in [0.5, 0.6) is 0 Å². The molecule has 0 aliphatic rings. The predicted octanol–water partition coefficient (Wildman–Crippen LogP) is 17.7. The van der Waals surface area contributed by atoms with Crippen molar-refractivity contribution < 1.29 is 0 Å². The molecule has 278 valence electrons. The third kappa shape index (κ3) is 4.96. The molecule has 0 saturated carbocycles. The Morgan fingerprint density at radius 2 is 0.667 bits per heavy atom. The first-order chi connectivity index (χ1) is 29.8. The van der Waals surface area contributed by atoms with Gasteiger partial charge in [0.25, 0.3) is 0 Å². The molecule has 0 fully saturated rings. The summed E-state index contributed by atoms with van der Waals surface area (Å²) in [6, 6.07) is 76.9. The van der Waals surface area contributed by atoms with Gasteiger partial charge in [-0.25, -0.2) is 0 Å². The van der Waals surface area contributed by atoms with Crippen LogP contribution in [0.3, 0.4) is 0 Å². The minimum Gasteiger partial charge on any atom is -0.135 e. The van der Waals surface area contributed by atoms with Gasteiger partial charge in [-0.1, -0.05) is 188 Å². The second-order valence-electron chi connectivity index (χ2n) is 15.9. The molecular weight excluding hydrogens is 761 g/mol. The summed E-state index contributed by atoms with van der Waals surface area (Å²) in [5.74, 6) is 0. The van der Waals surface area contributed by atoms with Crippen LogP contribution in [0.4, 0.5) is 0 Å². The Kier molecular flexibility index (Phi) is 7.45. The second-order valence-corrected chi connectivity index (χ2v) is 18.0. The van der Waals surface area contributed by atoms with E-state index in [0.717, 1.165) is 0 Å². The smallest absolute Gasteiger partial charge is 0.0434 e. The number of fused-ring (bicyclic) bond motifs is 12. The van der Waals surface area contributed by atoms with E-state index in [2.05, 4.69) is 206 Å². The molecule has 2 heterocycles. The lowest BCUT2D eigenvalue weighted by Gasteiger charge is -2.19. The molecule has 0 aliphatic carbocycles. The molecule has 0 amide bonds. The van der Waals surface area contributed by atoms with Crippen molar-refractivity contribution in [3.8, 4) is 44.5 Å². The molecule has 13 rings (SSSR count). The first-order valence-corrected chi connectivity index (χ1v) is 22.2. The van der Waals surface area contributed by atoms with Gasteiger partial charge in [-0.05, 0) is 94.7 Å². The topological polar surface area (TPSA) is 0 Å². The van der Waals surface area contributed by atoms with Gasteiger partial charge in [0.15, 0.2) is 0 Å². The Balaban J connectivity index is 1.15. The molecular formula is C58H34S2. The maximum Gasteiger partial charge on any atom is 0.0434 e. The highest BCUT2D eigenvalue weighted by Gasteiger charge is 2.21.